The monoisotopic (exact) mass is 511 g/mol. The minimum atomic E-state index is -0.176. The molecule has 2 saturated carbocycles. The molecule has 3 N–H and O–H groups in total. The maximum atomic E-state index is 13.1. The second kappa shape index (κ2) is 12.4. The minimum absolute atomic E-state index is 0.0000432. The number of carbonyl (C=O) groups excluding carboxylic acids is 3. The molecule has 1 aromatic carbocycles. The first kappa shape index (κ1) is 29.2. The lowest BCUT2D eigenvalue weighted by Crippen LogP contribution is -2.31. The third-order valence-corrected chi connectivity index (χ3v) is 8.67. The number of amides is 3. The van der Waals surface area contributed by atoms with Crippen molar-refractivity contribution in [3.8, 4) is 0 Å². The Morgan fingerprint density at radius 1 is 0.676 bits per heavy atom. The van der Waals surface area contributed by atoms with Gasteiger partial charge in [-0.1, -0.05) is 48.5 Å². The summed E-state index contributed by atoms with van der Waals surface area (Å²) in [6.07, 6.45) is 7.87. The van der Waals surface area contributed by atoms with Crippen LogP contribution in [0.5, 0.6) is 0 Å². The average molecular weight is 512 g/mol. The summed E-state index contributed by atoms with van der Waals surface area (Å²) < 4.78 is 0. The van der Waals surface area contributed by atoms with E-state index >= 15 is 0 Å². The van der Waals surface area contributed by atoms with Gasteiger partial charge in [0.25, 0.3) is 0 Å². The van der Waals surface area contributed by atoms with E-state index in [9.17, 15) is 14.4 Å². The predicted molar refractivity (Wildman–Crippen MR) is 152 cm³/mol. The van der Waals surface area contributed by atoms with Gasteiger partial charge in [-0.05, 0) is 92.7 Å². The van der Waals surface area contributed by atoms with Crippen molar-refractivity contribution in [1.82, 2.24) is 0 Å². The van der Waals surface area contributed by atoms with Crippen LogP contribution >= 0.6 is 0 Å². The summed E-state index contributed by atoms with van der Waals surface area (Å²) in [5.74, 6) is 1.74. The van der Waals surface area contributed by atoms with Crippen LogP contribution in [0.2, 0.25) is 0 Å². The Balaban J connectivity index is 1.70. The molecule has 3 rings (SSSR count). The molecular weight excluding hydrogens is 462 g/mol. The molecular formula is C31H49N3O3. The average Bonchev–Trinajstić information content (AvgIpc) is 2.83. The van der Waals surface area contributed by atoms with Crippen LogP contribution in [-0.2, 0) is 14.4 Å². The van der Waals surface area contributed by atoms with E-state index in [0.717, 1.165) is 51.4 Å². The fourth-order valence-electron chi connectivity index (χ4n) is 5.89. The zero-order valence-corrected chi connectivity index (χ0v) is 24.1. The molecule has 0 unspecified atom stereocenters. The number of benzene rings is 1. The van der Waals surface area contributed by atoms with E-state index in [1.165, 1.54) is 0 Å². The van der Waals surface area contributed by atoms with E-state index in [0.29, 0.717) is 34.8 Å². The second-order valence-corrected chi connectivity index (χ2v) is 13.2. The van der Waals surface area contributed by atoms with Gasteiger partial charge >= 0.3 is 0 Å². The van der Waals surface area contributed by atoms with Crippen LogP contribution in [0.1, 0.15) is 99.8 Å². The summed E-state index contributed by atoms with van der Waals surface area (Å²) in [5, 5.41) is 9.08. The van der Waals surface area contributed by atoms with Crippen molar-refractivity contribution in [3.63, 3.8) is 0 Å². The van der Waals surface area contributed by atoms with Gasteiger partial charge in [-0.15, -0.1) is 0 Å². The van der Waals surface area contributed by atoms with Crippen LogP contribution in [0.15, 0.2) is 18.2 Å². The minimum Gasteiger partial charge on any atom is -0.326 e. The fourth-order valence-corrected chi connectivity index (χ4v) is 5.89. The molecule has 0 aliphatic heterocycles. The second-order valence-electron chi connectivity index (χ2n) is 13.2. The molecule has 2 aliphatic rings. The lowest BCUT2D eigenvalue weighted by Gasteiger charge is -2.36. The van der Waals surface area contributed by atoms with Gasteiger partial charge in [-0.25, -0.2) is 0 Å². The van der Waals surface area contributed by atoms with E-state index in [1.807, 2.05) is 13.8 Å². The van der Waals surface area contributed by atoms with Gasteiger partial charge < -0.3 is 16.0 Å². The van der Waals surface area contributed by atoms with Crippen LogP contribution in [0.3, 0.4) is 0 Å². The van der Waals surface area contributed by atoms with Crippen molar-refractivity contribution in [3.05, 3.63) is 18.2 Å². The Morgan fingerprint density at radius 2 is 1.08 bits per heavy atom. The maximum absolute atomic E-state index is 13.1. The quantitative estimate of drug-likeness (QED) is 0.355. The number of hydrogen-bond donors (Lipinski definition) is 3. The number of rotatable bonds is 7. The zero-order chi connectivity index (χ0) is 27.3. The molecule has 2 fully saturated rings. The molecule has 0 atom stereocenters. The Hall–Kier alpha value is -2.37. The van der Waals surface area contributed by atoms with Gasteiger partial charge in [0.2, 0.25) is 17.7 Å². The smallest absolute Gasteiger partial charge is 0.227 e. The van der Waals surface area contributed by atoms with E-state index in [4.69, 9.17) is 0 Å². The van der Waals surface area contributed by atoms with Gasteiger partial charge in [-0.2, -0.15) is 0 Å². The first-order chi connectivity index (χ1) is 17.3. The topological polar surface area (TPSA) is 87.3 Å². The van der Waals surface area contributed by atoms with Crippen molar-refractivity contribution in [2.24, 2.45) is 40.9 Å². The van der Waals surface area contributed by atoms with Crippen molar-refractivity contribution < 1.29 is 14.4 Å². The summed E-state index contributed by atoms with van der Waals surface area (Å²) in [5.41, 5.74) is 2.05. The Morgan fingerprint density at radius 3 is 1.46 bits per heavy atom. The summed E-state index contributed by atoms with van der Waals surface area (Å²) in [6.45, 7) is 15.0. The molecule has 0 radical (unpaired) electrons. The molecule has 0 bridgehead atoms. The summed E-state index contributed by atoms with van der Waals surface area (Å²) in [6, 6.07) is 5.37. The normalized spacial score (nSPS) is 24.6. The molecule has 0 saturated heterocycles. The van der Waals surface area contributed by atoms with Crippen LogP contribution in [-0.4, -0.2) is 17.7 Å². The van der Waals surface area contributed by atoms with Gasteiger partial charge in [-0.3, -0.25) is 14.4 Å². The van der Waals surface area contributed by atoms with Crippen LogP contribution in [0.25, 0.3) is 0 Å². The Labute approximate surface area is 224 Å². The molecule has 37 heavy (non-hydrogen) atoms. The lowest BCUT2D eigenvalue weighted by molar-refractivity contribution is -0.122. The van der Waals surface area contributed by atoms with Gasteiger partial charge in [0.05, 0.1) is 0 Å². The molecule has 0 aromatic heterocycles. The SMILES string of the molecule is CC(C)C(=O)Nc1cc(NC(=O)C2CCC(C(C)C)CC2)cc(NC(=O)C2CCC(C(C)(C)C)CC2)c1. The highest BCUT2D eigenvalue weighted by Crippen LogP contribution is 2.40. The molecule has 206 valence electrons. The molecule has 1 aromatic rings. The van der Waals surface area contributed by atoms with Gasteiger partial charge in [0, 0.05) is 34.8 Å². The van der Waals surface area contributed by atoms with E-state index in [2.05, 4.69) is 50.6 Å². The summed E-state index contributed by atoms with van der Waals surface area (Å²) in [4.78, 5) is 38.6. The lowest BCUT2D eigenvalue weighted by atomic mass is 9.69. The summed E-state index contributed by atoms with van der Waals surface area (Å²) >= 11 is 0. The van der Waals surface area contributed by atoms with Crippen molar-refractivity contribution in [1.29, 1.82) is 0 Å². The summed E-state index contributed by atoms with van der Waals surface area (Å²) in [7, 11) is 0. The van der Waals surface area contributed by atoms with Gasteiger partial charge in [0.1, 0.15) is 0 Å². The van der Waals surface area contributed by atoms with E-state index in [-0.39, 0.29) is 40.9 Å². The third kappa shape index (κ3) is 8.31. The first-order valence-electron chi connectivity index (χ1n) is 14.4. The molecule has 0 heterocycles. The number of carbonyl (C=O) groups is 3. The molecule has 3 amide bonds. The highest BCUT2D eigenvalue weighted by atomic mass is 16.2. The highest BCUT2D eigenvalue weighted by molar-refractivity contribution is 5.99. The van der Waals surface area contributed by atoms with Crippen molar-refractivity contribution in [2.75, 3.05) is 16.0 Å². The molecule has 6 nitrogen and oxygen atoms in total. The zero-order valence-electron chi connectivity index (χ0n) is 24.1. The van der Waals surface area contributed by atoms with Crippen molar-refractivity contribution in [2.45, 2.75) is 99.8 Å². The van der Waals surface area contributed by atoms with E-state index < -0.39 is 0 Å². The molecule has 2 aliphatic carbocycles. The molecule has 6 heteroatoms. The Bertz CT molecular complexity index is 947. The van der Waals surface area contributed by atoms with Crippen LogP contribution < -0.4 is 16.0 Å². The Kier molecular flexibility index (Phi) is 9.82. The van der Waals surface area contributed by atoms with Crippen LogP contribution in [0.4, 0.5) is 17.1 Å². The van der Waals surface area contributed by atoms with Crippen molar-refractivity contribution >= 4 is 34.8 Å². The fraction of sp³-hybridized carbons (Fsp3) is 0.710. The third-order valence-electron chi connectivity index (χ3n) is 8.67. The number of hydrogen-bond acceptors (Lipinski definition) is 3. The van der Waals surface area contributed by atoms with E-state index in [1.54, 1.807) is 18.2 Å². The largest absolute Gasteiger partial charge is 0.326 e. The standard InChI is InChI=1S/C31H49N3O3/c1-19(2)21-8-10-22(11-9-21)29(36)33-26-16-25(32-28(35)20(3)4)17-27(18-26)34-30(37)23-12-14-24(15-13-23)31(5,6)7/h16-24H,8-15H2,1-7H3,(H,32,35)(H,33,36)(H,34,37). The number of nitrogens with one attached hydrogen (secondary N) is 3. The first-order valence-corrected chi connectivity index (χ1v) is 14.4. The number of anilines is 3. The predicted octanol–water partition coefficient (Wildman–Crippen LogP) is 7.47. The van der Waals surface area contributed by atoms with Crippen LogP contribution in [0, 0.1) is 40.9 Å². The maximum Gasteiger partial charge on any atom is 0.227 e. The highest BCUT2D eigenvalue weighted by Gasteiger charge is 2.32. The van der Waals surface area contributed by atoms with Gasteiger partial charge in [0.15, 0.2) is 0 Å². The molecule has 0 spiro atoms.